The Morgan fingerprint density at radius 3 is 2.19 bits per heavy atom. The van der Waals surface area contributed by atoms with Crippen molar-refractivity contribution in [2.45, 2.75) is 69.6 Å². The van der Waals surface area contributed by atoms with Crippen molar-refractivity contribution in [1.82, 2.24) is 4.31 Å². The molecule has 4 saturated carbocycles. The molecule has 6 rings (SSSR count). The molecule has 0 spiro atoms. The summed E-state index contributed by atoms with van der Waals surface area (Å²) in [6.07, 6.45) is 9.33. The summed E-state index contributed by atoms with van der Waals surface area (Å²) in [4.78, 5) is 26.1. The maximum absolute atomic E-state index is 13.1. The van der Waals surface area contributed by atoms with Gasteiger partial charge in [-0.2, -0.15) is 4.31 Å². The first-order valence-electron chi connectivity index (χ1n) is 12.1. The molecule has 6 nitrogen and oxygen atoms in total. The summed E-state index contributed by atoms with van der Waals surface area (Å²) in [5, 5.41) is 0. The van der Waals surface area contributed by atoms with Crippen molar-refractivity contribution in [3.05, 3.63) is 29.3 Å². The highest BCUT2D eigenvalue weighted by molar-refractivity contribution is 7.89. The van der Waals surface area contributed by atoms with Crippen molar-refractivity contribution in [2.75, 3.05) is 19.7 Å². The number of piperidine rings is 1. The second kappa shape index (κ2) is 8.24. The molecule has 5 aliphatic rings. The average molecular weight is 460 g/mol. The fourth-order valence-corrected chi connectivity index (χ4v) is 8.84. The molecule has 1 aromatic carbocycles. The number of Topliss-reactive ketones (excluding diaryl/α,β-unsaturated/α-hetero) is 1. The molecule has 1 saturated heterocycles. The number of ether oxygens (including phenoxy) is 1. The number of ketones is 1. The zero-order valence-electron chi connectivity index (χ0n) is 18.8. The van der Waals surface area contributed by atoms with Crippen molar-refractivity contribution < 1.29 is 22.7 Å². The van der Waals surface area contributed by atoms with Crippen LogP contribution in [0.25, 0.3) is 0 Å². The predicted molar refractivity (Wildman–Crippen MR) is 120 cm³/mol. The van der Waals surface area contributed by atoms with Crippen LogP contribution in [-0.2, 0) is 19.6 Å². The minimum atomic E-state index is -3.65. The van der Waals surface area contributed by atoms with E-state index >= 15 is 0 Å². The molecule has 0 radical (unpaired) electrons. The van der Waals surface area contributed by atoms with Crippen LogP contribution in [0, 0.1) is 30.1 Å². The smallest absolute Gasteiger partial charge is 0.338 e. The van der Waals surface area contributed by atoms with Gasteiger partial charge >= 0.3 is 5.97 Å². The summed E-state index contributed by atoms with van der Waals surface area (Å²) < 4.78 is 33.2. The molecule has 4 aliphatic carbocycles. The number of hydrogen-bond donors (Lipinski definition) is 0. The standard InChI is InChI=1S/C25H33NO5S/c1-17-5-6-21(12-22(17)32(29,30)26-7-3-2-4-8-26)24(28)31-16-23(27)25-13-18-9-19(14-25)11-20(10-18)15-25/h5-6,12,18-20H,2-4,7-11,13-16H2,1H3. The number of hydrogen-bond acceptors (Lipinski definition) is 5. The van der Waals surface area contributed by atoms with E-state index in [4.69, 9.17) is 4.74 Å². The second-order valence-electron chi connectivity index (χ2n) is 10.6. The number of benzene rings is 1. The fourth-order valence-electron chi connectivity index (χ4n) is 7.07. The molecule has 0 amide bonds. The van der Waals surface area contributed by atoms with E-state index in [-0.39, 0.29) is 28.3 Å². The van der Waals surface area contributed by atoms with Gasteiger partial charge in [0.1, 0.15) is 0 Å². The van der Waals surface area contributed by atoms with E-state index in [9.17, 15) is 18.0 Å². The van der Waals surface area contributed by atoms with Gasteiger partial charge in [0.2, 0.25) is 10.0 Å². The quantitative estimate of drug-likeness (QED) is 0.598. The summed E-state index contributed by atoms with van der Waals surface area (Å²) in [5.74, 6) is 1.39. The number of aryl methyl sites for hydroxylation is 1. The Labute approximate surface area is 190 Å². The SMILES string of the molecule is Cc1ccc(C(=O)OCC(=O)C23CC4CC(CC(C4)C2)C3)cc1S(=O)(=O)N1CCCCC1. The molecular formula is C25H33NO5S. The van der Waals surface area contributed by atoms with E-state index in [2.05, 4.69) is 0 Å². The van der Waals surface area contributed by atoms with Crippen molar-refractivity contribution >= 4 is 21.8 Å². The van der Waals surface area contributed by atoms with Crippen LogP contribution in [0.1, 0.15) is 73.7 Å². The Kier molecular flexibility index (Phi) is 5.69. The first-order valence-corrected chi connectivity index (χ1v) is 13.5. The van der Waals surface area contributed by atoms with Crippen LogP contribution in [0.5, 0.6) is 0 Å². The van der Waals surface area contributed by atoms with E-state index in [1.165, 1.54) is 29.6 Å². The molecule has 0 N–H and O–H groups in total. The Hall–Kier alpha value is -1.73. The first-order chi connectivity index (χ1) is 15.3. The van der Waals surface area contributed by atoms with Gasteiger partial charge in [0.15, 0.2) is 12.4 Å². The van der Waals surface area contributed by atoms with Gasteiger partial charge in [-0.15, -0.1) is 0 Å². The lowest BCUT2D eigenvalue weighted by atomic mass is 9.48. The molecule has 1 aliphatic heterocycles. The highest BCUT2D eigenvalue weighted by atomic mass is 32.2. The van der Waals surface area contributed by atoms with Crippen LogP contribution in [0.15, 0.2) is 23.1 Å². The Balaban J connectivity index is 1.28. The highest BCUT2D eigenvalue weighted by Crippen LogP contribution is 2.60. The van der Waals surface area contributed by atoms with Crippen LogP contribution in [-0.4, -0.2) is 44.2 Å². The van der Waals surface area contributed by atoms with Gasteiger partial charge in [-0.25, -0.2) is 13.2 Å². The lowest BCUT2D eigenvalue weighted by molar-refractivity contribution is -0.147. The van der Waals surface area contributed by atoms with Crippen molar-refractivity contribution in [3.8, 4) is 0 Å². The van der Waals surface area contributed by atoms with Gasteiger partial charge in [0.25, 0.3) is 0 Å². The second-order valence-corrected chi connectivity index (χ2v) is 12.5. The van der Waals surface area contributed by atoms with Gasteiger partial charge in [0, 0.05) is 18.5 Å². The number of nitrogens with zero attached hydrogens (tertiary/aromatic N) is 1. The number of sulfonamides is 1. The fraction of sp³-hybridized carbons (Fsp3) is 0.680. The maximum Gasteiger partial charge on any atom is 0.338 e. The van der Waals surface area contributed by atoms with Gasteiger partial charge in [-0.1, -0.05) is 12.5 Å². The molecule has 0 unspecified atom stereocenters. The van der Waals surface area contributed by atoms with Crippen LogP contribution in [0.4, 0.5) is 0 Å². The summed E-state index contributed by atoms with van der Waals surface area (Å²) in [6, 6.07) is 4.65. The van der Waals surface area contributed by atoms with Gasteiger partial charge < -0.3 is 4.74 Å². The molecule has 1 heterocycles. The van der Waals surface area contributed by atoms with Gasteiger partial charge in [-0.3, -0.25) is 4.79 Å². The number of carbonyl (C=O) groups is 2. The molecule has 0 atom stereocenters. The summed E-state index contributed by atoms with van der Waals surface area (Å²) in [6.45, 7) is 2.54. The third-order valence-electron chi connectivity index (χ3n) is 8.32. The number of carbonyl (C=O) groups excluding carboxylic acids is 2. The molecule has 0 aromatic heterocycles. The number of esters is 1. The van der Waals surface area contributed by atoms with Crippen molar-refractivity contribution in [2.24, 2.45) is 23.2 Å². The largest absolute Gasteiger partial charge is 0.454 e. The predicted octanol–water partition coefficient (Wildman–Crippen LogP) is 4.11. The molecule has 5 fully saturated rings. The van der Waals surface area contributed by atoms with Gasteiger partial charge in [0.05, 0.1) is 10.5 Å². The zero-order valence-corrected chi connectivity index (χ0v) is 19.7. The minimum absolute atomic E-state index is 0.0539. The van der Waals surface area contributed by atoms with Crippen LogP contribution >= 0.6 is 0 Å². The topological polar surface area (TPSA) is 80.8 Å². The van der Waals surface area contributed by atoms with E-state index in [1.54, 1.807) is 19.1 Å². The molecular weight excluding hydrogens is 426 g/mol. The summed E-state index contributed by atoms with van der Waals surface area (Å²) in [7, 11) is -3.65. The zero-order chi connectivity index (χ0) is 22.5. The number of rotatable bonds is 6. The average Bonchev–Trinajstić information content (AvgIpc) is 2.77. The lowest BCUT2D eigenvalue weighted by Gasteiger charge is -2.55. The van der Waals surface area contributed by atoms with E-state index in [0.29, 0.717) is 36.4 Å². The molecule has 32 heavy (non-hydrogen) atoms. The first kappa shape index (κ1) is 22.1. The third-order valence-corrected chi connectivity index (χ3v) is 10.4. The maximum atomic E-state index is 13.1. The normalized spacial score (nSPS) is 32.1. The Bertz CT molecular complexity index is 989. The minimum Gasteiger partial charge on any atom is -0.454 e. The molecule has 4 bridgehead atoms. The monoisotopic (exact) mass is 459 g/mol. The van der Waals surface area contributed by atoms with E-state index in [1.807, 2.05) is 0 Å². The Morgan fingerprint density at radius 1 is 1.00 bits per heavy atom. The molecule has 174 valence electrons. The van der Waals surface area contributed by atoms with Gasteiger partial charge in [-0.05, 0) is 93.7 Å². The van der Waals surface area contributed by atoms with Crippen LogP contribution in [0.2, 0.25) is 0 Å². The highest BCUT2D eigenvalue weighted by Gasteiger charge is 2.54. The third kappa shape index (κ3) is 3.92. The van der Waals surface area contributed by atoms with Crippen LogP contribution in [0.3, 0.4) is 0 Å². The van der Waals surface area contributed by atoms with Crippen molar-refractivity contribution in [1.29, 1.82) is 0 Å². The van der Waals surface area contributed by atoms with Crippen LogP contribution < -0.4 is 0 Å². The summed E-state index contributed by atoms with van der Waals surface area (Å²) in [5.41, 5.74) is 0.492. The Morgan fingerprint density at radius 2 is 1.59 bits per heavy atom. The van der Waals surface area contributed by atoms with Crippen molar-refractivity contribution in [3.63, 3.8) is 0 Å². The summed E-state index contributed by atoms with van der Waals surface area (Å²) >= 11 is 0. The molecule has 1 aromatic rings. The lowest BCUT2D eigenvalue weighted by Crippen LogP contribution is -2.51. The van der Waals surface area contributed by atoms with E-state index in [0.717, 1.165) is 38.5 Å². The molecule has 7 heteroatoms. The van der Waals surface area contributed by atoms with E-state index < -0.39 is 16.0 Å².